The first-order valence-corrected chi connectivity index (χ1v) is 7.79. The molecule has 1 aliphatic heterocycles. The first-order valence-electron chi connectivity index (χ1n) is 6.80. The largest absolute Gasteiger partial charge is 0.397 e. The molecular formula is C15H23N3OS. The van der Waals surface area contributed by atoms with E-state index in [0.29, 0.717) is 11.3 Å². The van der Waals surface area contributed by atoms with Crippen molar-refractivity contribution >= 4 is 29.0 Å². The second kappa shape index (κ2) is 5.56. The quantitative estimate of drug-likeness (QED) is 0.850. The van der Waals surface area contributed by atoms with E-state index in [-0.39, 0.29) is 10.7 Å². The van der Waals surface area contributed by atoms with Crippen LogP contribution in [-0.2, 0) is 0 Å². The van der Waals surface area contributed by atoms with Crippen molar-refractivity contribution < 1.29 is 4.79 Å². The average molecular weight is 293 g/mol. The Bertz CT molecular complexity index is 514. The Balaban J connectivity index is 2.19. The van der Waals surface area contributed by atoms with Crippen LogP contribution in [0.3, 0.4) is 0 Å². The number of nitrogen functional groups attached to an aromatic ring is 1. The summed E-state index contributed by atoms with van der Waals surface area (Å²) in [7, 11) is 3.88. The van der Waals surface area contributed by atoms with Crippen LogP contribution in [-0.4, -0.2) is 48.5 Å². The number of carbonyl (C=O) groups excluding carboxylic acids is 1. The molecule has 2 N–H and O–H groups in total. The first-order chi connectivity index (χ1) is 9.30. The van der Waals surface area contributed by atoms with Crippen LogP contribution >= 0.6 is 11.8 Å². The van der Waals surface area contributed by atoms with Gasteiger partial charge in [-0.15, -0.1) is 0 Å². The lowest BCUT2D eigenvalue weighted by atomic mass is 10.1. The third kappa shape index (κ3) is 3.20. The normalized spacial score (nSPS) is 17.9. The van der Waals surface area contributed by atoms with Crippen molar-refractivity contribution in [3.63, 3.8) is 0 Å². The predicted octanol–water partition coefficient (Wildman–Crippen LogP) is 2.30. The molecule has 0 radical (unpaired) electrons. The smallest absolute Gasteiger partial charge is 0.254 e. The second-order valence-electron chi connectivity index (χ2n) is 6.00. The number of nitrogens with zero attached hydrogens (tertiary/aromatic N) is 2. The van der Waals surface area contributed by atoms with Gasteiger partial charge in [-0.25, -0.2) is 0 Å². The molecule has 1 aromatic carbocycles. The molecular weight excluding hydrogens is 270 g/mol. The molecule has 1 saturated heterocycles. The zero-order valence-electron chi connectivity index (χ0n) is 12.6. The summed E-state index contributed by atoms with van der Waals surface area (Å²) in [5.41, 5.74) is 8.29. The van der Waals surface area contributed by atoms with Gasteiger partial charge in [-0.05, 0) is 32.0 Å². The second-order valence-corrected chi connectivity index (χ2v) is 7.80. The van der Waals surface area contributed by atoms with E-state index < -0.39 is 0 Å². The summed E-state index contributed by atoms with van der Waals surface area (Å²) in [6.07, 6.45) is 0. The summed E-state index contributed by atoms with van der Waals surface area (Å²) in [4.78, 5) is 16.4. The molecule has 0 aromatic heterocycles. The Morgan fingerprint density at radius 2 is 2.10 bits per heavy atom. The SMILES string of the molecule is CN(C)c1ccc(C(=O)N2CCSC(C)(C)C2)cc1N. The Morgan fingerprint density at radius 1 is 1.40 bits per heavy atom. The number of hydrogen-bond donors (Lipinski definition) is 1. The number of benzene rings is 1. The number of carbonyl (C=O) groups is 1. The van der Waals surface area contributed by atoms with Gasteiger partial charge in [0.1, 0.15) is 0 Å². The molecule has 0 saturated carbocycles. The van der Waals surface area contributed by atoms with Crippen LogP contribution in [0, 0.1) is 0 Å². The minimum absolute atomic E-state index is 0.0791. The van der Waals surface area contributed by atoms with Crippen LogP contribution in [0.15, 0.2) is 18.2 Å². The van der Waals surface area contributed by atoms with Crippen LogP contribution < -0.4 is 10.6 Å². The highest BCUT2D eigenvalue weighted by molar-refractivity contribution is 8.00. The molecule has 1 fully saturated rings. The van der Waals surface area contributed by atoms with Gasteiger partial charge in [-0.2, -0.15) is 11.8 Å². The maximum absolute atomic E-state index is 12.6. The number of hydrogen-bond acceptors (Lipinski definition) is 4. The van der Waals surface area contributed by atoms with E-state index in [1.165, 1.54) is 0 Å². The van der Waals surface area contributed by atoms with Gasteiger partial charge in [0.05, 0.1) is 11.4 Å². The maximum atomic E-state index is 12.6. The molecule has 0 aliphatic carbocycles. The number of nitrogens with two attached hydrogens (primary N) is 1. The summed E-state index contributed by atoms with van der Waals surface area (Å²) < 4.78 is 0.128. The Kier molecular flexibility index (Phi) is 4.18. The minimum Gasteiger partial charge on any atom is -0.397 e. The van der Waals surface area contributed by atoms with Gasteiger partial charge in [0.15, 0.2) is 0 Å². The van der Waals surface area contributed by atoms with E-state index in [4.69, 9.17) is 5.73 Å². The molecule has 20 heavy (non-hydrogen) atoms. The van der Waals surface area contributed by atoms with Crippen LogP contribution in [0.4, 0.5) is 11.4 Å². The summed E-state index contributed by atoms with van der Waals surface area (Å²) in [6, 6.07) is 5.56. The van der Waals surface area contributed by atoms with Gasteiger partial charge in [-0.3, -0.25) is 4.79 Å². The van der Waals surface area contributed by atoms with E-state index in [0.717, 1.165) is 24.5 Å². The standard InChI is InChI=1S/C15H23N3OS/c1-15(2)10-18(7-8-20-15)14(19)11-5-6-13(17(3)4)12(16)9-11/h5-6,9H,7-8,10,16H2,1-4H3. The van der Waals surface area contributed by atoms with Crippen molar-refractivity contribution in [2.75, 3.05) is 43.6 Å². The fraction of sp³-hybridized carbons (Fsp3) is 0.533. The van der Waals surface area contributed by atoms with Gasteiger partial charge >= 0.3 is 0 Å². The van der Waals surface area contributed by atoms with Crippen molar-refractivity contribution in [3.8, 4) is 0 Å². The molecule has 1 heterocycles. The summed E-state index contributed by atoms with van der Waals surface area (Å²) in [5.74, 6) is 1.07. The third-order valence-corrected chi connectivity index (χ3v) is 4.77. The summed E-state index contributed by atoms with van der Waals surface area (Å²) in [5, 5.41) is 0. The molecule has 1 aliphatic rings. The Labute approximate surface area is 125 Å². The lowest BCUT2D eigenvalue weighted by Crippen LogP contribution is -2.46. The van der Waals surface area contributed by atoms with E-state index in [2.05, 4.69) is 13.8 Å². The maximum Gasteiger partial charge on any atom is 0.254 e. The lowest BCUT2D eigenvalue weighted by molar-refractivity contribution is 0.0748. The molecule has 0 atom stereocenters. The van der Waals surface area contributed by atoms with Gasteiger partial charge in [0, 0.05) is 43.2 Å². The van der Waals surface area contributed by atoms with Gasteiger partial charge in [0.2, 0.25) is 0 Å². The van der Waals surface area contributed by atoms with Crippen molar-refractivity contribution in [2.45, 2.75) is 18.6 Å². The average Bonchev–Trinajstić information content (AvgIpc) is 2.36. The summed E-state index contributed by atoms with van der Waals surface area (Å²) in [6.45, 7) is 5.95. The Morgan fingerprint density at radius 3 is 2.65 bits per heavy atom. The third-order valence-electron chi connectivity index (χ3n) is 3.47. The van der Waals surface area contributed by atoms with E-state index >= 15 is 0 Å². The molecule has 5 heteroatoms. The Hall–Kier alpha value is -1.36. The fourth-order valence-corrected chi connectivity index (χ4v) is 3.58. The fourth-order valence-electron chi connectivity index (χ4n) is 2.47. The minimum atomic E-state index is 0.0791. The molecule has 110 valence electrons. The van der Waals surface area contributed by atoms with Crippen LogP contribution in [0.5, 0.6) is 0 Å². The highest BCUT2D eigenvalue weighted by Crippen LogP contribution is 2.31. The van der Waals surface area contributed by atoms with Gasteiger partial charge in [-0.1, -0.05) is 0 Å². The van der Waals surface area contributed by atoms with Gasteiger partial charge in [0.25, 0.3) is 5.91 Å². The molecule has 2 rings (SSSR count). The monoisotopic (exact) mass is 293 g/mol. The lowest BCUT2D eigenvalue weighted by Gasteiger charge is -2.37. The zero-order chi connectivity index (χ0) is 14.9. The topological polar surface area (TPSA) is 49.6 Å². The molecule has 0 unspecified atom stereocenters. The van der Waals surface area contributed by atoms with Gasteiger partial charge < -0.3 is 15.5 Å². The first kappa shape index (κ1) is 15.0. The van der Waals surface area contributed by atoms with Crippen LogP contribution in [0.2, 0.25) is 0 Å². The van der Waals surface area contributed by atoms with Crippen molar-refractivity contribution in [3.05, 3.63) is 23.8 Å². The highest BCUT2D eigenvalue weighted by Gasteiger charge is 2.30. The number of rotatable bonds is 2. The predicted molar refractivity (Wildman–Crippen MR) is 87.6 cm³/mol. The zero-order valence-corrected chi connectivity index (χ0v) is 13.5. The van der Waals surface area contributed by atoms with Crippen molar-refractivity contribution in [1.82, 2.24) is 4.90 Å². The van der Waals surface area contributed by atoms with Crippen molar-refractivity contribution in [1.29, 1.82) is 0 Å². The van der Waals surface area contributed by atoms with Crippen LogP contribution in [0.25, 0.3) is 0 Å². The molecule has 1 amide bonds. The molecule has 0 spiro atoms. The van der Waals surface area contributed by atoms with E-state index in [1.54, 1.807) is 6.07 Å². The van der Waals surface area contributed by atoms with E-state index in [1.807, 2.05) is 47.8 Å². The number of thioether (sulfide) groups is 1. The van der Waals surface area contributed by atoms with E-state index in [9.17, 15) is 4.79 Å². The number of amides is 1. The molecule has 1 aromatic rings. The molecule has 0 bridgehead atoms. The number of anilines is 2. The molecule has 4 nitrogen and oxygen atoms in total. The summed E-state index contributed by atoms with van der Waals surface area (Å²) >= 11 is 1.92. The van der Waals surface area contributed by atoms with Crippen molar-refractivity contribution in [2.24, 2.45) is 0 Å². The van der Waals surface area contributed by atoms with Crippen LogP contribution in [0.1, 0.15) is 24.2 Å². The highest BCUT2D eigenvalue weighted by atomic mass is 32.2.